The number of rotatable bonds is 13. The Kier molecular flexibility index (Phi) is 16.8. The zero-order chi connectivity index (χ0) is 47.1. The molecule has 3 saturated heterocycles. The first-order chi connectivity index (χ1) is 31.0. The van der Waals surface area contributed by atoms with E-state index in [1.54, 1.807) is 36.0 Å². The van der Waals surface area contributed by atoms with Gasteiger partial charge in [-0.25, -0.2) is 4.79 Å². The van der Waals surface area contributed by atoms with Crippen LogP contribution in [0.5, 0.6) is 0 Å². The highest BCUT2D eigenvalue weighted by Crippen LogP contribution is 2.40. The van der Waals surface area contributed by atoms with Crippen LogP contribution >= 0.6 is 0 Å². The Balaban J connectivity index is 1.21. The SMILES string of the molecule is CC[C@H]1OC(=O)[C@H](C)C(=O)[C@H](C)[C@@H](O[C@@H]2OCC(C)CC(NCc3cccnc3)C2O)[C@](C)(OC)C[C@@H](C)CN[C@H](C)[C@H]2N(CCCCn3cc(-c4cccc(N)c4)nn3)C(=O)O[C@]12C. The molecule has 0 spiro atoms. The Morgan fingerprint density at radius 3 is 2.52 bits per heavy atom. The number of benzene rings is 1. The third-order valence-corrected chi connectivity index (χ3v) is 13.7. The van der Waals surface area contributed by atoms with Crippen molar-refractivity contribution in [1.29, 1.82) is 0 Å². The molecule has 3 aliphatic heterocycles. The van der Waals surface area contributed by atoms with Crippen molar-refractivity contribution in [3.8, 4) is 11.3 Å². The van der Waals surface area contributed by atoms with Crippen LogP contribution in [-0.4, -0.2) is 129 Å². The largest absolute Gasteiger partial charge is 0.458 e. The third kappa shape index (κ3) is 11.7. The van der Waals surface area contributed by atoms with Crippen molar-refractivity contribution < 1.29 is 43.2 Å². The second kappa shape index (κ2) is 21.9. The zero-order valence-electron chi connectivity index (χ0n) is 39.6. The molecule has 0 bridgehead atoms. The lowest BCUT2D eigenvalue weighted by Crippen LogP contribution is -2.61. The van der Waals surface area contributed by atoms with Gasteiger partial charge in [0, 0.05) is 68.4 Å². The molecular formula is C48H72N8O9. The van der Waals surface area contributed by atoms with Crippen LogP contribution in [0, 0.1) is 23.7 Å². The maximum atomic E-state index is 14.6. The van der Waals surface area contributed by atoms with Gasteiger partial charge in [0.15, 0.2) is 17.7 Å². The molecule has 1 amide bonds. The molecule has 358 valence electrons. The van der Waals surface area contributed by atoms with Crippen LogP contribution in [0.15, 0.2) is 55.0 Å². The van der Waals surface area contributed by atoms with Crippen molar-refractivity contribution in [1.82, 2.24) is 35.5 Å². The standard InChI is InChI=1S/C48H72N8O9/c1-10-39-48(8)42(56(46(60)65-48)20-12-11-19-55-27-38(53-54-55)35-16-13-17-36(49)22-35)33(6)51-24-30(3)23-47(7,61-9)43(31(4)40(57)32(5)44(59)63-39)64-45-41(58)37(21-29(2)28-62-45)52-26-34-15-14-18-50-25-34/h13-18,22,25,27,29-33,37,39,41-43,45,51-52,58H,10-12,19-21,23-24,26,28,49H2,1-9H3/t29?,30-,31+,32-,33-,37?,39-,41?,42-,43-,45+,47-,48-/m1/s1. The second-order valence-electron chi connectivity index (χ2n) is 19.1. The average molecular weight is 905 g/mol. The van der Waals surface area contributed by atoms with Gasteiger partial charge in [0.2, 0.25) is 0 Å². The fourth-order valence-electron chi connectivity index (χ4n) is 10.1. The van der Waals surface area contributed by atoms with Crippen LogP contribution in [0.1, 0.15) is 93.1 Å². The molecule has 5 N–H and O–H groups in total. The van der Waals surface area contributed by atoms with E-state index in [1.165, 1.54) is 6.92 Å². The fourth-order valence-corrected chi connectivity index (χ4v) is 10.1. The summed E-state index contributed by atoms with van der Waals surface area (Å²) in [5.41, 5.74) is 6.87. The molecule has 3 aliphatic rings. The number of aliphatic hydroxyl groups excluding tert-OH is 1. The number of fused-ring (bicyclic) bond motifs is 1. The van der Waals surface area contributed by atoms with E-state index in [1.807, 2.05) is 70.3 Å². The summed E-state index contributed by atoms with van der Waals surface area (Å²) in [6.07, 6.45) is 3.64. The summed E-state index contributed by atoms with van der Waals surface area (Å²) >= 11 is 0. The van der Waals surface area contributed by atoms with Crippen LogP contribution in [0.2, 0.25) is 0 Å². The number of pyridine rings is 1. The van der Waals surface area contributed by atoms with Gasteiger partial charge in [0.1, 0.15) is 23.8 Å². The number of aliphatic hydroxyl groups is 1. The number of carbonyl (C=O) groups is 3. The van der Waals surface area contributed by atoms with Gasteiger partial charge in [0.05, 0.1) is 30.6 Å². The summed E-state index contributed by atoms with van der Waals surface area (Å²) in [4.78, 5) is 48.6. The van der Waals surface area contributed by atoms with E-state index >= 15 is 0 Å². The number of unbranched alkanes of at least 4 members (excludes halogenated alkanes) is 1. The lowest BCUT2D eigenvalue weighted by molar-refractivity contribution is -0.260. The topological polar surface area (TPSA) is 215 Å². The number of ether oxygens (including phenoxy) is 5. The number of carbonyl (C=O) groups excluding carboxylic acids is 3. The predicted molar refractivity (Wildman–Crippen MR) is 244 cm³/mol. The smallest absolute Gasteiger partial charge is 0.410 e. The molecule has 0 aliphatic carbocycles. The molecule has 17 heteroatoms. The number of cyclic esters (lactones) is 1. The van der Waals surface area contributed by atoms with E-state index < -0.39 is 71.5 Å². The number of aryl methyl sites for hydroxylation is 1. The van der Waals surface area contributed by atoms with Crippen LogP contribution in [-0.2, 0) is 46.4 Å². The van der Waals surface area contributed by atoms with Gasteiger partial charge in [0.25, 0.3) is 0 Å². The average Bonchev–Trinajstić information content (AvgIpc) is 3.83. The summed E-state index contributed by atoms with van der Waals surface area (Å²) in [5.74, 6) is -3.17. The van der Waals surface area contributed by atoms with Crippen LogP contribution in [0.25, 0.3) is 11.3 Å². The maximum Gasteiger partial charge on any atom is 0.410 e. The fraction of sp³-hybridized carbons (Fsp3) is 0.667. The summed E-state index contributed by atoms with van der Waals surface area (Å²) in [6.45, 7) is 17.3. The van der Waals surface area contributed by atoms with E-state index in [4.69, 9.17) is 29.4 Å². The molecule has 3 fully saturated rings. The Morgan fingerprint density at radius 1 is 1.05 bits per heavy atom. The van der Waals surface area contributed by atoms with Crippen molar-refractivity contribution >= 4 is 23.5 Å². The van der Waals surface area contributed by atoms with Crippen LogP contribution in [0.4, 0.5) is 10.5 Å². The van der Waals surface area contributed by atoms with Crippen LogP contribution in [0.3, 0.4) is 0 Å². The summed E-state index contributed by atoms with van der Waals surface area (Å²) in [7, 11) is 1.59. The van der Waals surface area contributed by atoms with Gasteiger partial charge in [-0.2, -0.15) is 0 Å². The Labute approximate surface area is 383 Å². The van der Waals surface area contributed by atoms with Crippen molar-refractivity contribution in [3.63, 3.8) is 0 Å². The summed E-state index contributed by atoms with van der Waals surface area (Å²) < 4.78 is 33.7. The predicted octanol–water partition coefficient (Wildman–Crippen LogP) is 5.16. The molecular weight excluding hydrogens is 833 g/mol. The highest BCUT2D eigenvalue weighted by Gasteiger charge is 2.58. The molecule has 5 heterocycles. The number of nitrogens with two attached hydrogens (primary N) is 1. The minimum absolute atomic E-state index is 0.0373. The highest BCUT2D eigenvalue weighted by molar-refractivity contribution is 6.00. The lowest BCUT2D eigenvalue weighted by atomic mass is 9.78. The first-order valence-corrected chi connectivity index (χ1v) is 23.3. The number of ketones is 1. The zero-order valence-corrected chi connectivity index (χ0v) is 39.6. The molecule has 17 nitrogen and oxygen atoms in total. The first-order valence-electron chi connectivity index (χ1n) is 23.3. The number of nitrogen functional groups attached to an aromatic ring is 1. The first kappa shape index (κ1) is 49.9. The normalized spacial score (nSPS) is 34.2. The van der Waals surface area contributed by atoms with Crippen molar-refractivity contribution in [2.24, 2.45) is 23.7 Å². The molecule has 2 aromatic heterocycles. The number of esters is 1. The molecule has 0 radical (unpaired) electrons. The maximum absolute atomic E-state index is 14.6. The monoisotopic (exact) mass is 905 g/mol. The van der Waals surface area contributed by atoms with Crippen molar-refractivity contribution in [2.75, 3.05) is 32.5 Å². The number of Topliss-reactive ketones (excluding diaryl/α,β-unsaturated/α-hetero) is 1. The van der Waals surface area contributed by atoms with E-state index in [0.29, 0.717) is 70.6 Å². The van der Waals surface area contributed by atoms with E-state index in [0.717, 1.165) is 16.8 Å². The summed E-state index contributed by atoms with van der Waals surface area (Å²) in [5, 5.41) is 27.7. The molecule has 3 unspecified atom stereocenters. The molecule has 13 atom stereocenters. The lowest BCUT2D eigenvalue weighted by Gasteiger charge is -2.43. The molecule has 0 saturated carbocycles. The molecule has 6 rings (SSSR count). The second-order valence-corrected chi connectivity index (χ2v) is 19.1. The summed E-state index contributed by atoms with van der Waals surface area (Å²) in [6, 6.07) is 10.1. The number of methoxy groups -OCH3 is 1. The molecule has 1 aromatic carbocycles. The number of amides is 1. The van der Waals surface area contributed by atoms with E-state index in [-0.39, 0.29) is 23.9 Å². The Hall–Kier alpha value is -4.52. The highest BCUT2D eigenvalue weighted by atomic mass is 16.7. The molecule has 3 aromatic rings. The van der Waals surface area contributed by atoms with Crippen molar-refractivity contribution in [3.05, 3.63) is 60.6 Å². The van der Waals surface area contributed by atoms with Crippen molar-refractivity contribution in [2.45, 2.75) is 155 Å². The number of hydrogen-bond acceptors (Lipinski definition) is 15. The van der Waals surface area contributed by atoms with E-state index in [2.05, 4.69) is 39.8 Å². The van der Waals surface area contributed by atoms with Gasteiger partial charge in [-0.1, -0.05) is 51.1 Å². The third-order valence-electron chi connectivity index (χ3n) is 13.7. The number of anilines is 1. The van der Waals surface area contributed by atoms with Gasteiger partial charge >= 0.3 is 12.1 Å². The molecule has 65 heavy (non-hydrogen) atoms. The number of hydrogen-bond donors (Lipinski definition) is 4. The Morgan fingerprint density at radius 2 is 1.82 bits per heavy atom. The number of nitrogens with zero attached hydrogens (tertiary/aromatic N) is 5. The van der Waals surface area contributed by atoms with Gasteiger partial charge < -0.3 is 45.2 Å². The minimum atomic E-state index is -1.25. The number of aromatic nitrogens is 4. The van der Waals surface area contributed by atoms with Gasteiger partial charge in [-0.05, 0) is 102 Å². The van der Waals surface area contributed by atoms with Gasteiger partial charge in [-0.15, -0.1) is 5.10 Å². The van der Waals surface area contributed by atoms with E-state index in [9.17, 15) is 19.5 Å². The number of nitrogens with one attached hydrogen (secondary N) is 2. The van der Waals surface area contributed by atoms with Crippen LogP contribution < -0.4 is 16.4 Å². The van der Waals surface area contributed by atoms with Gasteiger partial charge in [-0.3, -0.25) is 24.2 Å². The quantitative estimate of drug-likeness (QED) is 0.0755. The Bertz CT molecular complexity index is 2040. The minimum Gasteiger partial charge on any atom is -0.458 e.